The summed E-state index contributed by atoms with van der Waals surface area (Å²) in [6.45, 7) is 2.98. The van der Waals surface area contributed by atoms with Crippen LogP contribution in [0.4, 0.5) is 0 Å². The van der Waals surface area contributed by atoms with E-state index in [9.17, 15) is 4.79 Å². The predicted molar refractivity (Wildman–Crippen MR) is 68.3 cm³/mol. The molecular formula is C11H14N4O3S. The van der Waals surface area contributed by atoms with Gasteiger partial charge in [0.1, 0.15) is 12.4 Å². The molecule has 7 nitrogen and oxygen atoms in total. The number of carboxylic acids is 1. The van der Waals surface area contributed by atoms with Gasteiger partial charge in [-0.3, -0.25) is 0 Å². The van der Waals surface area contributed by atoms with Crippen LogP contribution < -0.4 is 4.74 Å². The van der Waals surface area contributed by atoms with E-state index in [1.54, 1.807) is 16.1 Å². The van der Waals surface area contributed by atoms with Gasteiger partial charge in [0, 0.05) is 6.54 Å². The second-order valence-electron chi connectivity index (χ2n) is 3.88. The SMILES string of the molecule is CCCCn1nnnc1COc1ccsc1C(=O)O. The average Bonchev–Trinajstić information content (AvgIpc) is 3.02. The molecule has 2 aromatic rings. The number of hydrogen-bond acceptors (Lipinski definition) is 6. The molecule has 8 heteroatoms. The van der Waals surface area contributed by atoms with Crippen LogP contribution in [0.5, 0.6) is 5.75 Å². The van der Waals surface area contributed by atoms with Crippen LogP contribution in [0.15, 0.2) is 11.4 Å². The van der Waals surface area contributed by atoms with Crippen LogP contribution in [-0.2, 0) is 13.2 Å². The lowest BCUT2D eigenvalue weighted by molar-refractivity contribution is 0.0697. The molecule has 0 spiro atoms. The third-order valence-corrected chi connectivity index (χ3v) is 3.39. The van der Waals surface area contributed by atoms with Crippen molar-refractivity contribution in [3.8, 4) is 5.75 Å². The van der Waals surface area contributed by atoms with Crippen LogP contribution in [0.2, 0.25) is 0 Å². The fourth-order valence-corrected chi connectivity index (χ4v) is 2.19. The maximum absolute atomic E-state index is 10.9. The van der Waals surface area contributed by atoms with E-state index >= 15 is 0 Å². The first-order chi connectivity index (χ1) is 9.22. The van der Waals surface area contributed by atoms with Crippen molar-refractivity contribution in [3.63, 3.8) is 0 Å². The molecule has 0 fully saturated rings. The third-order valence-electron chi connectivity index (χ3n) is 2.51. The van der Waals surface area contributed by atoms with E-state index in [0.29, 0.717) is 11.6 Å². The molecule has 0 saturated carbocycles. The van der Waals surface area contributed by atoms with E-state index in [1.807, 2.05) is 0 Å². The summed E-state index contributed by atoms with van der Waals surface area (Å²) < 4.78 is 7.15. The molecule has 0 aromatic carbocycles. The molecule has 0 atom stereocenters. The first kappa shape index (κ1) is 13.5. The number of nitrogens with zero attached hydrogens (tertiary/aromatic N) is 4. The van der Waals surface area contributed by atoms with Crippen molar-refractivity contribution in [2.24, 2.45) is 0 Å². The van der Waals surface area contributed by atoms with Crippen LogP contribution in [0.1, 0.15) is 35.3 Å². The fourth-order valence-electron chi connectivity index (χ4n) is 1.52. The number of carbonyl (C=O) groups is 1. The van der Waals surface area contributed by atoms with Gasteiger partial charge in [-0.2, -0.15) is 0 Å². The van der Waals surface area contributed by atoms with Gasteiger partial charge in [0.05, 0.1) is 0 Å². The molecule has 0 aliphatic rings. The van der Waals surface area contributed by atoms with Gasteiger partial charge in [0.25, 0.3) is 0 Å². The van der Waals surface area contributed by atoms with Gasteiger partial charge in [0.15, 0.2) is 10.7 Å². The zero-order valence-corrected chi connectivity index (χ0v) is 11.3. The number of ether oxygens (including phenoxy) is 1. The Balaban J connectivity index is 2.00. The van der Waals surface area contributed by atoms with Gasteiger partial charge in [-0.05, 0) is 28.3 Å². The number of hydrogen-bond donors (Lipinski definition) is 1. The maximum atomic E-state index is 10.9. The number of thiophene rings is 1. The van der Waals surface area contributed by atoms with Crippen molar-refractivity contribution in [3.05, 3.63) is 22.1 Å². The number of rotatable bonds is 7. The van der Waals surface area contributed by atoms with E-state index in [0.717, 1.165) is 30.7 Å². The Morgan fingerprint density at radius 1 is 1.58 bits per heavy atom. The van der Waals surface area contributed by atoms with Gasteiger partial charge in [-0.25, -0.2) is 9.48 Å². The predicted octanol–water partition coefficient (Wildman–Crippen LogP) is 1.81. The fraction of sp³-hybridized carbons (Fsp3) is 0.455. The molecule has 19 heavy (non-hydrogen) atoms. The molecule has 0 aliphatic carbocycles. The molecular weight excluding hydrogens is 268 g/mol. The second kappa shape index (κ2) is 6.28. The summed E-state index contributed by atoms with van der Waals surface area (Å²) in [6.07, 6.45) is 2.03. The normalized spacial score (nSPS) is 10.6. The minimum absolute atomic E-state index is 0.160. The van der Waals surface area contributed by atoms with Crippen LogP contribution in [0, 0.1) is 0 Å². The summed E-state index contributed by atoms with van der Waals surface area (Å²) >= 11 is 1.13. The van der Waals surface area contributed by atoms with Gasteiger partial charge in [-0.15, -0.1) is 16.4 Å². The summed E-state index contributed by atoms with van der Waals surface area (Å²) in [5.41, 5.74) is 0. The highest BCUT2D eigenvalue weighted by Crippen LogP contribution is 2.25. The number of unbranched alkanes of at least 4 members (excludes halogenated alkanes) is 1. The van der Waals surface area contributed by atoms with Crippen molar-refractivity contribution >= 4 is 17.3 Å². The maximum Gasteiger partial charge on any atom is 0.349 e. The summed E-state index contributed by atoms with van der Waals surface area (Å²) in [6, 6.07) is 1.63. The van der Waals surface area contributed by atoms with Crippen molar-refractivity contribution in [1.29, 1.82) is 0 Å². The Kier molecular flexibility index (Phi) is 4.45. The molecule has 1 N–H and O–H groups in total. The number of aryl methyl sites for hydroxylation is 1. The minimum Gasteiger partial charge on any atom is -0.484 e. The summed E-state index contributed by atoms with van der Waals surface area (Å²) in [5.74, 6) is -0.0471. The monoisotopic (exact) mass is 282 g/mol. The van der Waals surface area contributed by atoms with E-state index in [2.05, 4.69) is 22.4 Å². The van der Waals surface area contributed by atoms with Crippen LogP contribution in [0.3, 0.4) is 0 Å². The highest BCUT2D eigenvalue weighted by Gasteiger charge is 2.14. The average molecular weight is 282 g/mol. The highest BCUT2D eigenvalue weighted by molar-refractivity contribution is 7.12. The highest BCUT2D eigenvalue weighted by atomic mass is 32.1. The molecule has 0 unspecified atom stereocenters. The van der Waals surface area contributed by atoms with Crippen molar-refractivity contribution < 1.29 is 14.6 Å². The van der Waals surface area contributed by atoms with Gasteiger partial charge < -0.3 is 9.84 Å². The molecule has 0 saturated heterocycles. The third kappa shape index (κ3) is 3.28. The lowest BCUT2D eigenvalue weighted by Crippen LogP contribution is -2.09. The Labute approximate surface area is 113 Å². The Bertz CT molecular complexity index is 552. The topological polar surface area (TPSA) is 90.1 Å². The number of aromatic carboxylic acids is 1. The number of tetrazole rings is 1. The van der Waals surface area contributed by atoms with Crippen molar-refractivity contribution in [1.82, 2.24) is 20.2 Å². The molecule has 0 aliphatic heterocycles. The molecule has 0 amide bonds. The summed E-state index contributed by atoms with van der Waals surface area (Å²) in [7, 11) is 0. The lowest BCUT2D eigenvalue weighted by atomic mass is 10.3. The van der Waals surface area contributed by atoms with Crippen LogP contribution in [-0.4, -0.2) is 31.3 Å². The second-order valence-corrected chi connectivity index (χ2v) is 4.80. The standard InChI is InChI=1S/C11H14N4O3S/c1-2-3-5-15-9(12-13-14-15)7-18-8-4-6-19-10(8)11(16)17/h4,6H,2-3,5,7H2,1H3,(H,16,17). The van der Waals surface area contributed by atoms with E-state index in [4.69, 9.17) is 9.84 Å². The van der Waals surface area contributed by atoms with Gasteiger partial charge in [0.2, 0.25) is 0 Å². The first-order valence-electron chi connectivity index (χ1n) is 5.91. The van der Waals surface area contributed by atoms with Crippen molar-refractivity contribution in [2.75, 3.05) is 0 Å². The summed E-state index contributed by atoms with van der Waals surface area (Å²) in [4.78, 5) is 11.1. The zero-order chi connectivity index (χ0) is 13.7. The molecule has 2 aromatic heterocycles. The largest absolute Gasteiger partial charge is 0.484 e. The Morgan fingerprint density at radius 2 is 2.42 bits per heavy atom. The molecule has 102 valence electrons. The van der Waals surface area contributed by atoms with Crippen LogP contribution in [0.25, 0.3) is 0 Å². The lowest BCUT2D eigenvalue weighted by Gasteiger charge is -2.05. The van der Waals surface area contributed by atoms with E-state index < -0.39 is 5.97 Å². The number of aromatic nitrogens is 4. The number of carboxylic acid groups (broad SMARTS) is 1. The van der Waals surface area contributed by atoms with Gasteiger partial charge >= 0.3 is 5.97 Å². The molecule has 0 radical (unpaired) electrons. The quantitative estimate of drug-likeness (QED) is 0.833. The van der Waals surface area contributed by atoms with E-state index in [-0.39, 0.29) is 11.5 Å². The Hall–Kier alpha value is -1.96. The van der Waals surface area contributed by atoms with Gasteiger partial charge in [-0.1, -0.05) is 13.3 Å². The molecule has 0 bridgehead atoms. The summed E-state index contributed by atoms with van der Waals surface area (Å²) in [5, 5.41) is 22.0. The van der Waals surface area contributed by atoms with Crippen molar-refractivity contribution in [2.45, 2.75) is 32.9 Å². The minimum atomic E-state index is -0.990. The van der Waals surface area contributed by atoms with Crippen LogP contribution >= 0.6 is 11.3 Å². The zero-order valence-electron chi connectivity index (χ0n) is 10.4. The first-order valence-corrected chi connectivity index (χ1v) is 6.79. The Morgan fingerprint density at radius 3 is 3.16 bits per heavy atom. The van der Waals surface area contributed by atoms with E-state index in [1.165, 1.54) is 0 Å². The smallest absolute Gasteiger partial charge is 0.349 e. The molecule has 2 heterocycles. The molecule has 2 rings (SSSR count).